The molecule has 4 nitrogen and oxygen atoms in total. The van der Waals surface area contributed by atoms with Crippen molar-refractivity contribution in [1.82, 2.24) is 9.97 Å². The zero-order chi connectivity index (χ0) is 11.1. The first-order valence-corrected chi connectivity index (χ1v) is 5.38. The summed E-state index contributed by atoms with van der Waals surface area (Å²) in [4.78, 5) is 10.7. The lowest BCUT2D eigenvalue weighted by Gasteiger charge is -2.32. The molecular formula is C11H18N4. The first-order valence-electron chi connectivity index (χ1n) is 5.38. The number of hydrogen-bond donors (Lipinski definition) is 1. The number of nitrogens with zero attached hydrogens (tertiary/aromatic N) is 3. The van der Waals surface area contributed by atoms with Crippen molar-refractivity contribution in [3.8, 4) is 0 Å². The Morgan fingerprint density at radius 1 is 1.40 bits per heavy atom. The van der Waals surface area contributed by atoms with E-state index in [4.69, 9.17) is 5.73 Å². The van der Waals surface area contributed by atoms with Crippen LogP contribution in [0.15, 0.2) is 6.07 Å². The van der Waals surface area contributed by atoms with Crippen molar-refractivity contribution in [3.63, 3.8) is 0 Å². The van der Waals surface area contributed by atoms with Crippen LogP contribution in [0.3, 0.4) is 0 Å². The molecule has 1 aliphatic heterocycles. The third-order valence-electron chi connectivity index (χ3n) is 3.04. The van der Waals surface area contributed by atoms with Crippen molar-refractivity contribution in [2.45, 2.75) is 39.2 Å². The summed E-state index contributed by atoms with van der Waals surface area (Å²) in [6.45, 7) is 7.49. The summed E-state index contributed by atoms with van der Waals surface area (Å²) in [6, 6.07) is 2.00. The fourth-order valence-electron chi connectivity index (χ4n) is 2.24. The van der Waals surface area contributed by atoms with Crippen LogP contribution < -0.4 is 10.6 Å². The molecule has 0 unspecified atom stereocenters. The highest BCUT2D eigenvalue weighted by molar-refractivity contribution is 5.46. The molecule has 0 amide bonds. The Morgan fingerprint density at radius 3 is 2.67 bits per heavy atom. The number of anilines is 2. The Bertz CT molecular complexity index is 353. The molecule has 1 aromatic heterocycles. The summed E-state index contributed by atoms with van der Waals surface area (Å²) >= 11 is 0. The number of nitrogens with two attached hydrogens (primary N) is 1. The van der Waals surface area contributed by atoms with Crippen LogP contribution in [0.2, 0.25) is 0 Å². The molecule has 2 heterocycles. The van der Waals surface area contributed by atoms with Crippen LogP contribution >= 0.6 is 0 Å². The average Bonchev–Trinajstić information content (AvgIpc) is 2.43. The molecule has 0 spiro atoms. The van der Waals surface area contributed by atoms with Gasteiger partial charge in [0, 0.05) is 23.8 Å². The Kier molecular flexibility index (Phi) is 2.29. The van der Waals surface area contributed by atoms with E-state index in [1.165, 1.54) is 12.8 Å². The Labute approximate surface area is 90.5 Å². The van der Waals surface area contributed by atoms with Crippen LogP contribution in [0.5, 0.6) is 0 Å². The second-order valence-corrected chi connectivity index (χ2v) is 4.79. The standard InChI is InChI=1S/C11H18N4/c1-8-7-9(14-10(12)13-8)15-6-4-5-11(15,2)3/h7H,4-6H2,1-3H3,(H2,12,13,14). The van der Waals surface area contributed by atoms with E-state index in [-0.39, 0.29) is 5.54 Å². The topological polar surface area (TPSA) is 55.0 Å². The number of aromatic nitrogens is 2. The minimum Gasteiger partial charge on any atom is -0.368 e. The molecule has 1 saturated heterocycles. The highest BCUT2D eigenvalue weighted by atomic mass is 15.3. The Hall–Kier alpha value is -1.32. The van der Waals surface area contributed by atoms with Gasteiger partial charge in [-0.2, -0.15) is 4.98 Å². The van der Waals surface area contributed by atoms with E-state index in [1.54, 1.807) is 0 Å². The van der Waals surface area contributed by atoms with Gasteiger partial charge in [-0.25, -0.2) is 4.98 Å². The molecular weight excluding hydrogens is 188 g/mol. The van der Waals surface area contributed by atoms with Gasteiger partial charge in [0.1, 0.15) is 5.82 Å². The van der Waals surface area contributed by atoms with Crippen molar-refractivity contribution in [2.75, 3.05) is 17.2 Å². The smallest absolute Gasteiger partial charge is 0.222 e. The first-order chi connectivity index (χ1) is 6.99. The first kappa shape index (κ1) is 10.2. The second-order valence-electron chi connectivity index (χ2n) is 4.79. The quantitative estimate of drug-likeness (QED) is 0.760. The summed E-state index contributed by atoms with van der Waals surface area (Å²) < 4.78 is 0. The monoisotopic (exact) mass is 206 g/mol. The molecule has 1 fully saturated rings. The van der Waals surface area contributed by atoms with E-state index >= 15 is 0 Å². The molecule has 0 atom stereocenters. The molecule has 82 valence electrons. The van der Waals surface area contributed by atoms with E-state index in [0.717, 1.165) is 18.1 Å². The number of rotatable bonds is 1. The lowest BCUT2D eigenvalue weighted by Crippen LogP contribution is -2.38. The van der Waals surface area contributed by atoms with Crippen LogP contribution in [0.1, 0.15) is 32.4 Å². The summed E-state index contributed by atoms with van der Waals surface area (Å²) in [5, 5.41) is 0. The zero-order valence-corrected chi connectivity index (χ0v) is 9.62. The summed E-state index contributed by atoms with van der Waals surface area (Å²) in [7, 11) is 0. The van der Waals surface area contributed by atoms with E-state index in [1.807, 2.05) is 13.0 Å². The molecule has 2 rings (SSSR count). The van der Waals surface area contributed by atoms with Gasteiger partial charge >= 0.3 is 0 Å². The maximum Gasteiger partial charge on any atom is 0.222 e. The van der Waals surface area contributed by atoms with E-state index in [9.17, 15) is 0 Å². The number of aryl methyl sites for hydroxylation is 1. The SMILES string of the molecule is Cc1cc(N2CCCC2(C)C)nc(N)n1. The maximum absolute atomic E-state index is 5.67. The zero-order valence-electron chi connectivity index (χ0n) is 9.62. The predicted octanol–water partition coefficient (Wildman–Crippen LogP) is 1.75. The van der Waals surface area contributed by atoms with E-state index in [2.05, 4.69) is 28.7 Å². The lowest BCUT2D eigenvalue weighted by atomic mass is 10.0. The summed E-state index contributed by atoms with van der Waals surface area (Å²) in [5.41, 5.74) is 6.79. The van der Waals surface area contributed by atoms with Gasteiger partial charge in [0.2, 0.25) is 5.95 Å². The third-order valence-corrected chi connectivity index (χ3v) is 3.04. The lowest BCUT2D eigenvalue weighted by molar-refractivity contribution is 0.514. The van der Waals surface area contributed by atoms with Crippen molar-refractivity contribution >= 4 is 11.8 Å². The van der Waals surface area contributed by atoms with E-state index in [0.29, 0.717) is 5.95 Å². The van der Waals surface area contributed by atoms with Crippen LogP contribution in [0.25, 0.3) is 0 Å². The highest BCUT2D eigenvalue weighted by Gasteiger charge is 2.32. The van der Waals surface area contributed by atoms with Gasteiger partial charge in [0.25, 0.3) is 0 Å². The molecule has 0 radical (unpaired) electrons. The van der Waals surface area contributed by atoms with Gasteiger partial charge in [0.05, 0.1) is 0 Å². The van der Waals surface area contributed by atoms with Crippen molar-refractivity contribution in [2.24, 2.45) is 0 Å². The summed E-state index contributed by atoms with van der Waals surface area (Å²) in [5.74, 6) is 1.33. The van der Waals surface area contributed by atoms with Gasteiger partial charge in [-0.15, -0.1) is 0 Å². The molecule has 2 N–H and O–H groups in total. The number of hydrogen-bond acceptors (Lipinski definition) is 4. The van der Waals surface area contributed by atoms with Crippen molar-refractivity contribution < 1.29 is 0 Å². The van der Waals surface area contributed by atoms with Gasteiger partial charge in [-0.05, 0) is 33.6 Å². The molecule has 0 aliphatic carbocycles. The number of nitrogen functional groups attached to an aromatic ring is 1. The van der Waals surface area contributed by atoms with E-state index < -0.39 is 0 Å². The maximum atomic E-state index is 5.67. The van der Waals surface area contributed by atoms with Crippen molar-refractivity contribution in [1.29, 1.82) is 0 Å². The average molecular weight is 206 g/mol. The highest BCUT2D eigenvalue weighted by Crippen LogP contribution is 2.32. The predicted molar refractivity (Wildman–Crippen MR) is 61.8 cm³/mol. The van der Waals surface area contributed by atoms with Gasteiger partial charge in [0.15, 0.2) is 0 Å². The largest absolute Gasteiger partial charge is 0.368 e. The van der Waals surface area contributed by atoms with Crippen LogP contribution in [0.4, 0.5) is 11.8 Å². The molecule has 1 aromatic rings. The third kappa shape index (κ3) is 1.89. The molecule has 1 aliphatic rings. The fraction of sp³-hybridized carbons (Fsp3) is 0.636. The van der Waals surface area contributed by atoms with Gasteiger partial charge in [-0.1, -0.05) is 0 Å². The van der Waals surface area contributed by atoms with Crippen LogP contribution in [-0.4, -0.2) is 22.1 Å². The Morgan fingerprint density at radius 2 is 2.13 bits per heavy atom. The van der Waals surface area contributed by atoms with Gasteiger partial charge in [-0.3, -0.25) is 0 Å². The molecule has 0 aromatic carbocycles. The second kappa shape index (κ2) is 3.36. The fourth-order valence-corrected chi connectivity index (χ4v) is 2.24. The molecule has 0 bridgehead atoms. The van der Waals surface area contributed by atoms with Crippen molar-refractivity contribution in [3.05, 3.63) is 11.8 Å². The normalized spacial score (nSPS) is 19.5. The Balaban J connectivity index is 2.37. The molecule has 0 saturated carbocycles. The summed E-state index contributed by atoms with van der Waals surface area (Å²) in [6.07, 6.45) is 2.42. The van der Waals surface area contributed by atoms with Crippen LogP contribution in [0, 0.1) is 6.92 Å². The molecule has 4 heteroatoms. The minimum atomic E-state index is 0.188. The minimum absolute atomic E-state index is 0.188. The van der Waals surface area contributed by atoms with Gasteiger partial charge < -0.3 is 10.6 Å². The molecule has 15 heavy (non-hydrogen) atoms. The van der Waals surface area contributed by atoms with Crippen LogP contribution in [-0.2, 0) is 0 Å².